The lowest BCUT2D eigenvalue weighted by Gasteiger charge is -1.99. The number of methoxy groups -OCH3 is 1. The van der Waals surface area contributed by atoms with E-state index in [1.165, 1.54) is 30.0 Å². The van der Waals surface area contributed by atoms with Crippen molar-refractivity contribution in [3.05, 3.63) is 47.0 Å². The van der Waals surface area contributed by atoms with E-state index < -0.39 is 5.97 Å². The summed E-state index contributed by atoms with van der Waals surface area (Å²) in [7, 11) is 1.33. The van der Waals surface area contributed by atoms with Crippen LogP contribution in [0, 0.1) is 0 Å². The molecule has 0 aliphatic heterocycles. The van der Waals surface area contributed by atoms with E-state index in [2.05, 4.69) is 20.3 Å². The van der Waals surface area contributed by atoms with Gasteiger partial charge in [0, 0.05) is 6.08 Å². The van der Waals surface area contributed by atoms with Crippen molar-refractivity contribution in [2.24, 2.45) is 0 Å². The fraction of sp³-hybridized carbons (Fsp3) is 0.0769. The predicted octanol–water partition coefficient (Wildman–Crippen LogP) is 1.98. The molecule has 1 aromatic carbocycles. The van der Waals surface area contributed by atoms with E-state index in [-0.39, 0.29) is 5.91 Å². The van der Waals surface area contributed by atoms with Crippen molar-refractivity contribution >= 4 is 34.4 Å². The van der Waals surface area contributed by atoms with E-state index in [0.717, 1.165) is 5.56 Å². The molecule has 102 valence electrons. The van der Waals surface area contributed by atoms with Crippen molar-refractivity contribution in [3.8, 4) is 0 Å². The Balaban J connectivity index is 1.97. The second kappa shape index (κ2) is 6.58. The van der Waals surface area contributed by atoms with Crippen LogP contribution < -0.4 is 5.32 Å². The first-order chi connectivity index (χ1) is 9.69. The number of hydrogen-bond acceptors (Lipinski definition) is 6. The number of carbonyl (C=O) groups is 2. The SMILES string of the molecule is COC(=O)c1ccc(/C=C/C(=O)Nc2nncs2)cc1. The van der Waals surface area contributed by atoms with E-state index in [9.17, 15) is 9.59 Å². The van der Waals surface area contributed by atoms with Gasteiger partial charge in [-0.05, 0) is 23.8 Å². The molecule has 0 fully saturated rings. The van der Waals surface area contributed by atoms with Gasteiger partial charge in [0.2, 0.25) is 11.0 Å². The summed E-state index contributed by atoms with van der Waals surface area (Å²) in [6.45, 7) is 0. The first-order valence-electron chi connectivity index (χ1n) is 5.62. The number of rotatable bonds is 4. The molecule has 2 aromatic rings. The summed E-state index contributed by atoms with van der Waals surface area (Å²) in [6, 6.07) is 6.71. The van der Waals surface area contributed by atoms with Crippen molar-refractivity contribution in [2.45, 2.75) is 0 Å². The zero-order valence-electron chi connectivity index (χ0n) is 10.6. The van der Waals surface area contributed by atoms with E-state index in [4.69, 9.17) is 0 Å². The fourth-order valence-electron chi connectivity index (χ4n) is 1.39. The molecule has 0 radical (unpaired) electrons. The van der Waals surface area contributed by atoms with E-state index in [1.807, 2.05) is 0 Å². The zero-order chi connectivity index (χ0) is 14.4. The largest absolute Gasteiger partial charge is 0.465 e. The van der Waals surface area contributed by atoms with Crippen LogP contribution in [0.5, 0.6) is 0 Å². The van der Waals surface area contributed by atoms with Gasteiger partial charge in [-0.15, -0.1) is 10.2 Å². The van der Waals surface area contributed by atoms with Crippen LogP contribution in [0.2, 0.25) is 0 Å². The lowest BCUT2D eigenvalue weighted by Crippen LogP contribution is -2.07. The minimum atomic E-state index is -0.394. The number of nitrogens with zero attached hydrogens (tertiary/aromatic N) is 2. The van der Waals surface area contributed by atoms with E-state index >= 15 is 0 Å². The number of ether oxygens (including phenoxy) is 1. The van der Waals surface area contributed by atoms with E-state index in [1.54, 1.807) is 30.3 Å². The number of esters is 1. The number of amides is 1. The monoisotopic (exact) mass is 289 g/mol. The van der Waals surface area contributed by atoms with Gasteiger partial charge in [-0.2, -0.15) is 0 Å². The molecule has 0 spiro atoms. The van der Waals surface area contributed by atoms with Gasteiger partial charge in [0.1, 0.15) is 5.51 Å². The Morgan fingerprint density at radius 3 is 2.65 bits per heavy atom. The van der Waals surface area contributed by atoms with Gasteiger partial charge in [0.25, 0.3) is 0 Å². The second-order valence-corrected chi connectivity index (χ2v) is 4.51. The lowest BCUT2D eigenvalue weighted by molar-refractivity contribution is -0.111. The number of carbonyl (C=O) groups excluding carboxylic acids is 2. The molecule has 0 aliphatic carbocycles. The number of hydrogen-bond donors (Lipinski definition) is 1. The van der Waals surface area contributed by atoms with Gasteiger partial charge >= 0.3 is 5.97 Å². The Morgan fingerprint density at radius 1 is 1.30 bits per heavy atom. The molecule has 0 atom stereocenters. The average Bonchev–Trinajstić information content (AvgIpc) is 2.97. The molecular weight excluding hydrogens is 278 g/mol. The van der Waals surface area contributed by atoms with Gasteiger partial charge in [-0.25, -0.2) is 4.79 Å². The first kappa shape index (κ1) is 13.9. The van der Waals surface area contributed by atoms with Crippen LogP contribution in [0.15, 0.2) is 35.9 Å². The highest BCUT2D eigenvalue weighted by atomic mass is 32.1. The highest BCUT2D eigenvalue weighted by Crippen LogP contribution is 2.09. The minimum absolute atomic E-state index is 0.293. The Labute approximate surface area is 119 Å². The summed E-state index contributed by atoms with van der Waals surface area (Å²) in [5, 5.41) is 10.3. The fourth-order valence-corrected chi connectivity index (χ4v) is 1.84. The maximum Gasteiger partial charge on any atom is 0.337 e. The van der Waals surface area contributed by atoms with Crippen LogP contribution in [-0.4, -0.2) is 29.2 Å². The Bertz CT molecular complexity index is 621. The number of benzene rings is 1. The molecule has 7 heteroatoms. The molecule has 0 aliphatic rings. The zero-order valence-corrected chi connectivity index (χ0v) is 11.4. The van der Waals surface area contributed by atoms with Crippen molar-refractivity contribution in [2.75, 3.05) is 12.4 Å². The quantitative estimate of drug-likeness (QED) is 0.687. The lowest BCUT2D eigenvalue weighted by atomic mass is 10.1. The average molecular weight is 289 g/mol. The Morgan fingerprint density at radius 2 is 2.05 bits per heavy atom. The molecule has 0 unspecified atom stereocenters. The molecular formula is C13H11N3O3S. The third-order valence-corrected chi connectivity index (χ3v) is 2.96. The van der Waals surface area contributed by atoms with Gasteiger partial charge < -0.3 is 4.74 Å². The third kappa shape index (κ3) is 3.72. The van der Waals surface area contributed by atoms with Gasteiger partial charge in [0.15, 0.2) is 0 Å². The van der Waals surface area contributed by atoms with Crippen molar-refractivity contribution < 1.29 is 14.3 Å². The normalized spacial score (nSPS) is 10.4. The highest BCUT2D eigenvalue weighted by Gasteiger charge is 2.04. The molecule has 1 heterocycles. The van der Waals surface area contributed by atoms with E-state index in [0.29, 0.717) is 10.7 Å². The van der Waals surface area contributed by atoms with Gasteiger partial charge in [-0.1, -0.05) is 23.5 Å². The van der Waals surface area contributed by atoms with Crippen LogP contribution in [-0.2, 0) is 9.53 Å². The number of aromatic nitrogens is 2. The molecule has 0 bridgehead atoms. The van der Waals surface area contributed by atoms with Gasteiger partial charge in [0.05, 0.1) is 12.7 Å². The molecule has 1 amide bonds. The van der Waals surface area contributed by atoms with Crippen molar-refractivity contribution in [1.82, 2.24) is 10.2 Å². The standard InChI is InChI=1S/C13H11N3O3S/c1-19-12(18)10-5-2-9(3-6-10)4-7-11(17)15-13-16-14-8-20-13/h2-8H,1H3,(H,15,16,17)/b7-4+. The first-order valence-corrected chi connectivity index (χ1v) is 6.50. The maximum atomic E-state index is 11.6. The van der Waals surface area contributed by atoms with Crippen molar-refractivity contribution in [1.29, 1.82) is 0 Å². The third-order valence-electron chi connectivity index (χ3n) is 2.35. The van der Waals surface area contributed by atoms with Crippen LogP contribution in [0.4, 0.5) is 5.13 Å². The molecule has 1 aromatic heterocycles. The van der Waals surface area contributed by atoms with Crippen molar-refractivity contribution in [3.63, 3.8) is 0 Å². The number of anilines is 1. The van der Waals surface area contributed by atoms with Crippen LogP contribution >= 0.6 is 11.3 Å². The smallest absolute Gasteiger partial charge is 0.337 e. The highest BCUT2D eigenvalue weighted by molar-refractivity contribution is 7.13. The summed E-state index contributed by atoms with van der Waals surface area (Å²) >= 11 is 1.24. The topological polar surface area (TPSA) is 81.2 Å². The molecule has 0 saturated heterocycles. The van der Waals surface area contributed by atoms with Crippen LogP contribution in [0.1, 0.15) is 15.9 Å². The summed E-state index contributed by atoms with van der Waals surface area (Å²) in [6.07, 6.45) is 3.02. The molecule has 2 rings (SSSR count). The predicted molar refractivity (Wildman–Crippen MR) is 75.4 cm³/mol. The van der Waals surface area contributed by atoms with Crippen LogP contribution in [0.3, 0.4) is 0 Å². The maximum absolute atomic E-state index is 11.6. The summed E-state index contributed by atoms with van der Waals surface area (Å²) in [5.41, 5.74) is 2.79. The molecule has 20 heavy (non-hydrogen) atoms. The number of nitrogens with one attached hydrogen (secondary N) is 1. The Hall–Kier alpha value is -2.54. The van der Waals surface area contributed by atoms with Crippen LogP contribution in [0.25, 0.3) is 6.08 Å². The second-order valence-electron chi connectivity index (χ2n) is 3.68. The summed E-state index contributed by atoms with van der Waals surface area (Å²) < 4.78 is 4.60. The summed E-state index contributed by atoms with van der Waals surface area (Å²) in [4.78, 5) is 22.8. The molecule has 1 N–H and O–H groups in total. The summed E-state index contributed by atoms with van der Waals surface area (Å²) in [5.74, 6) is -0.687. The van der Waals surface area contributed by atoms with Gasteiger partial charge in [-0.3, -0.25) is 10.1 Å². The molecule has 6 nitrogen and oxygen atoms in total. The Kier molecular flexibility index (Phi) is 4.56. The molecule has 0 saturated carbocycles. The minimum Gasteiger partial charge on any atom is -0.465 e.